The van der Waals surface area contributed by atoms with Crippen LogP contribution in [0.15, 0.2) is 28.8 Å². The van der Waals surface area contributed by atoms with Crippen LogP contribution >= 0.6 is 0 Å². The lowest BCUT2D eigenvalue weighted by molar-refractivity contribution is 0.187. The predicted octanol–water partition coefficient (Wildman–Crippen LogP) is 2.77. The standard InChI is InChI=1S/C16H21N3O2/c1-12-17-16(21-18-12)14-6-8-19(9-7-14)11-13-4-3-5-15(10-13)20-2/h3-5,10,14H,6-9,11H2,1-2H3. The van der Waals surface area contributed by atoms with E-state index in [0.29, 0.717) is 5.92 Å². The van der Waals surface area contributed by atoms with E-state index in [1.807, 2.05) is 19.1 Å². The van der Waals surface area contributed by atoms with E-state index < -0.39 is 0 Å². The van der Waals surface area contributed by atoms with Crippen molar-refractivity contribution < 1.29 is 9.26 Å². The Morgan fingerprint density at radius 2 is 2.14 bits per heavy atom. The van der Waals surface area contributed by atoms with Gasteiger partial charge in [0.2, 0.25) is 5.89 Å². The molecule has 2 aromatic rings. The lowest BCUT2D eigenvalue weighted by Crippen LogP contribution is -2.32. The molecule has 3 rings (SSSR count). The highest BCUT2D eigenvalue weighted by Crippen LogP contribution is 2.27. The third-order valence-electron chi connectivity index (χ3n) is 4.02. The Labute approximate surface area is 124 Å². The highest BCUT2D eigenvalue weighted by Gasteiger charge is 2.24. The largest absolute Gasteiger partial charge is 0.497 e. The van der Waals surface area contributed by atoms with Gasteiger partial charge in [-0.05, 0) is 50.6 Å². The number of aryl methyl sites for hydroxylation is 1. The number of hydrogen-bond acceptors (Lipinski definition) is 5. The number of likely N-dealkylation sites (tertiary alicyclic amines) is 1. The summed E-state index contributed by atoms with van der Waals surface area (Å²) in [4.78, 5) is 6.82. The molecule has 21 heavy (non-hydrogen) atoms. The molecule has 0 N–H and O–H groups in total. The zero-order valence-corrected chi connectivity index (χ0v) is 12.6. The molecule has 5 heteroatoms. The molecule has 5 nitrogen and oxygen atoms in total. The Morgan fingerprint density at radius 1 is 1.33 bits per heavy atom. The van der Waals surface area contributed by atoms with Crippen LogP contribution in [0, 0.1) is 6.92 Å². The van der Waals surface area contributed by atoms with Crippen molar-refractivity contribution in [2.24, 2.45) is 0 Å². The van der Waals surface area contributed by atoms with Crippen LogP contribution in [-0.4, -0.2) is 35.2 Å². The first-order valence-corrected chi connectivity index (χ1v) is 7.40. The van der Waals surface area contributed by atoms with E-state index >= 15 is 0 Å². The van der Waals surface area contributed by atoms with Crippen molar-refractivity contribution in [3.63, 3.8) is 0 Å². The predicted molar refractivity (Wildman–Crippen MR) is 79.3 cm³/mol. The normalized spacial score (nSPS) is 17.0. The summed E-state index contributed by atoms with van der Waals surface area (Å²) >= 11 is 0. The van der Waals surface area contributed by atoms with Gasteiger partial charge < -0.3 is 9.26 Å². The van der Waals surface area contributed by atoms with E-state index in [1.165, 1.54) is 5.56 Å². The molecule has 0 saturated carbocycles. The van der Waals surface area contributed by atoms with Crippen molar-refractivity contribution in [2.45, 2.75) is 32.2 Å². The number of methoxy groups -OCH3 is 1. The molecule has 0 bridgehead atoms. The fourth-order valence-electron chi connectivity index (χ4n) is 2.85. The summed E-state index contributed by atoms with van der Waals surface area (Å²) in [5.74, 6) is 2.86. The second-order valence-electron chi connectivity index (χ2n) is 5.58. The fourth-order valence-corrected chi connectivity index (χ4v) is 2.85. The van der Waals surface area contributed by atoms with Gasteiger partial charge in [-0.2, -0.15) is 4.98 Å². The average Bonchev–Trinajstić information content (AvgIpc) is 2.95. The summed E-state index contributed by atoms with van der Waals surface area (Å²) in [6.07, 6.45) is 2.15. The first kappa shape index (κ1) is 14.1. The van der Waals surface area contributed by atoms with Crippen LogP contribution in [0.2, 0.25) is 0 Å². The number of nitrogens with zero attached hydrogens (tertiary/aromatic N) is 3. The number of ether oxygens (including phenoxy) is 1. The molecule has 112 valence electrons. The van der Waals surface area contributed by atoms with Crippen LogP contribution in [-0.2, 0) is 6.54 Å². The summed E-state index contributed by atoms with van der Waals surface area (Å²) < 4.78 is 10.6. The molecule has 0 amide bonds. The van der Waals surface area contributed by atoms with Crippen LogP contribution in [0.4, 0.5) is 0 Å². The summed E-state index contributed by atoms with van der Waals surface area (Å²) in [7, 11) is 1.71. The van der Waals surface area contributed by atoms with Gasteiger partial charge in [-0.3, -0.25) is 4.90 Å². The summed E-state index contributed by atoms with van der Waals surface area (Å²) in [6.45, 7) is 4.95. The highest BCUT2D eigenvalue weighted by molar-refractivity contribution is 5.28. The summed E-state index contributed by atoms with van der Waals surface area (Å²) in [5, 5.41) is 3.88. The summed E-state index contributed by atoms with van der Waals surface area (Å²) in [5.41, 5.74) is 1.29. The smallest absolute Gasteiger partial charge is 0.229 e. The number of benzene rings is 1. The van der Waals surface area contributed by atoms with Crippen LogP contribution in [0.3, 0.4) is 0 Å². The first-order valence-electron chi connectivity index (χ1n) is 7.40. The van der Waals surface area contributed by atoms with Crippen molar-refractivity contribution in [1.29, 1.82) is 0 Å². The van der Waals surface area contributed by atoms with E-state index in [-0.39, 0.29) is 0 Å². The number of hydrogen-bond donors (Lipinski definition) is 0. The second kappa shape index (κ2) is 6.26. The quantitative estimate of drug-likeness (QED) is 0.865. The molecule has 1 fully saturated rings. The minimum atomic E-state index is 0.410. The monoisotopic (exact) mass is 287 g/mol. The van der Waals surface area contributed by atoms with E-state index in [4.69, 9.17) is 9.26 Å². The minimum Gasteiger partial charge on any atom is -0.497 e. The van der Waals surface area contributed by atoms with Crippen molar-refractivity contribution in [1.82, 2.24) is 15.0 Å². The number of rotatable bonds is 4. The maximum absolute atomic E-state index is 5.29. The Kier molecular flexibility index (Phi) is 4.20. The fraction of sp³-hybridized carbons (Fsp3) is 0.500. The first-order chi connectivity index (χ1) is 10.2. The lowest BCUT2D eigenvalue weighted by atomic mass is 9.96. The minimum absolute atomic E-state index is 0.410. The molecule has 1 aliphatic heterocycles. The highest BCUT2D eigenvalue weighted by atomic mass is 16.5. The van der Waals surface area contributed by atoms with Gasteiger partial charge in [0.15, 0.2) is 5.82 Å². The molecule has 1 saturated heterocycles. The van der Waals surface area contributed by atoms with Crippen LogP contribution in [0.25, 0.3) is 0 Å². The van der Waals surface area contributed by atoms with Crippen molar-refractivity contribution in [3.8, 4) is 5.75 Å². The molecular weight excluding hydrogens is 266 g/mol. The maximum atomic E-state index is 5.29. The third-order valence-corrected chi connectivity index (χ3v) is 4.02. The maximum Gasteiger partial charge on any atom is 0.229 e. The third kappa shape index (κ3) is 3.42. The van der Waals surface area contributed by atoms with Crippen LogP contribution in [0.1, 0.15) is 36.0 Å². The lowest BCUT2D eigenvalue weighted by Gasteiger charge is -2.30. The van der Waals surface area contributed by atoms with E-state index in [2.05, 4.69) is 27.2 Å². The van der Waals surface area contributed by atoms with Gasteiger partial charge in [0.1, 0.15) is 5.75 Å². The SMILES string of the molecule is COc1cccc(CN2CCC(c3nc(C)no3)CC2)c1. The molecule has 1 aliphatic rings. The zero-order valence-electron chi connectivity index (χ0n) is 12.6. The topological polar surface area (TPSA) is 51.4 Å². The molecular formula is C16H21N3O2. The summed E-state index contributed by atoms with van der Waals surface area (Å²) in [6, 6.07) is 8.28. The van der Waals surface area contributed by atoms with Crippen molar-refractivity contribution >= 4 is 0 Å². The Hall–Kier alpha value is -1.88. The zero-order chi connectivity index (χ0) is 14.7. The van der Waals surface area contributed by atoms with Crippen molar-refractivity contribution in [2.75, 3.05) is 20.2 Å². The average molecular weight is 287 g/mol. The van der Waals surface area contributed by atoms with Gasteiger partial charge >= 0.3 is 0 Å². The van der Waals surface area contributed by atoms with E-state index in [0.717, 1.165) is 49.9 Å². The molecule has 0 radical (unpaired) electrons. The molecule has 0 spiro atoms. The Balaban J connectivity index is 1.56. The molecule has 0 atom stereocenters. The van der Waals surface area contributed by atoms with E-state index in [9.17, 15) is 0 Å². The van der Waals surface area contributed by atoms with Gasteiger partial charge in [0, 0.05) is 12.5 Å². The molecule has 1 aromatic heterocycles. The second-order valence-corrected chi connectivity index (χ2v) is 5.58. The van der Waals surface area contributed by atoms with Gasteiger partial charge in [-0.1, -0.05) is 17.3 Å². The molecule has 0 aliphatic carbocycles. The van der Waals surface area contributed by atoms with Crippen LogP contribution < -0.4 is 4.74 Å². The number of aromatic nitrogens is 2. The molecule has 1 aromatic carbocycles. The molecule has 0 unspecified atom stereocenters. The number of piperidine rings is 1. The van der Waals surface area contributed by atoms with Gasteiger partial charge in [-0.25, -0.2) is 0 Å². The van der Waals surface area contributed by atoms with Gasteiger partial charge in [-0.15, -0.1) is 0 Å². The van der Waals surface area contributed by atoms with E-state index in [1.54, 1.807) is 7.11 Å². The Bertz CT molecular complexity index is 589. The van der Waals surface area contributed by atoms with Gasteiger partial charge in [0.25, 0.3) is 0 Å². The van der Waals surface area contributed by atoms with Gasteiger partial charge in [0.05, 0.1) is 7.11 Å². The van der Waals surface area contributed by atoms with Crippen LogP contribution in [0.5, 0.6) is 5.75 Å². The van der Waals surface area contributed by atoms with Crippen molar-refractivity contribution in [3.05, 3.63) is 41.5 Å². The molecule has 2 heterocycles. The Morgan fingerprint density at radius 3 is 2.81 bits per heavy atom.